The third kappa shape index (κ3) is 4.07. The predicted molar refractivity (Wildman–Crippen MR) is 98.2 cm³/mol. The Morgan fingerprint density at radius 1 is 1.04 bits per heavy atom. The summed E-state index contributed by atoms with van der Waals surface area (Å²) in [6, 6.07) is 13.6. The van der Waals surface area contributed by atoms with Gasteiger partial charge in [-0.1, -0.05) is 0 Å². The van der Waals surface area contributed by atoms with Gasteiger partial charge in [-0.25, -0.2) is 9.78 Å². The lowest BCUT2D eigenvalue weighted by molar-refractivity contribution is 0.0468. The van der Waals surface area contributed by atoms with E-state index < -0.39 is 11.9 Å². The number of hydrogen-bond donors (Lipinski definition) is 1. The molecule has 7 heteroatoms. The van der Waals surface area contributed by atoms with Crippen molar-refractivity contribution in [1.29, 1.82) is 0 Å². The van der Waals surface area contributed by atoms with Crippen LogP contribution in [0.2, 0.25) is 0 Å². The molecule has 2 N–H and O–H groups in total. The highest BCUT2D eigenvalue weighted by atomic mass is 32.1. The van der Waals surface area contributed by atoms with Crippen LogP contribution in [0, 0.1) is 0 Å². The maximum Gasteiger partial charge on any atom is 0.338 e. The lowest BCUT2D eigenvalue weighted by Gasteiger charge is -2.03. The van der Waals surface area contributed by atoms with Crippen LogP contribution in [-0.4, -0.2) is 24.0 Å². The van der Waals surface area contributed by atoms with Crippen molar-refractivity contribution >= 4 is 23.2 Å². The lowest BCUT2D eigenvalue weighted by Crippen LogP contribution is -2.11. The Kier molecular flexibility index (Phi) is 5.28. The highest BCUT2D eigenvalue weighted by Crippen LogP contribution is 2.26. The van der Waals surface area contributed by atoms with Crippen molar-refractivity contribution in [2.24, 2.45) is 5.73 Å². The fourth-order valence-corrected chi connectivity index (χ4v) is 3.04. The molecule has 0 aliphatic carbocycles. The van der Waals surface area contributed by atoms with Gasteiger partial charge in [0.2, 0.25) is 5.91 Å². The molecule has 0 aliphatic heterocycles. The topological polar surface area (TPSA) is 91.5 Å². The van der Waals surface area contributed by atoms with Gasteiger partial charge in [-0.2, -0.15) is 0 Å². The molecule has 0 unspecified atom stereocenters. The van der Waals surface area contributed by atoms with Gasteiger partial charge < -0.3 is 15.2 Å². The van der Waals surface area contributed by atoms with E-state index in [0.717, 1.165) is 16.3 Å². The first kappa shape index (κ1) is 17.6. The monoisotopic (exact) mass is 368 g/mol. The SMILES string of the molecule is COc1ccc(-c2nc(COC(=O)c3ccc(C(N)=O)cc3)cs2)cc1. The van der Waals surface area contributed by atoms with Crippen LogP contribution in [0.15, 0.2) is 53.9 Å². The fraction of sp³-hybridized carbons (Fsp3) is 0.105. The van der Waals surface area contributed by atoms with Gasteiger partial charge in [-0.3, -0.25) is 4.79 Å². The van der Waals surface area contributed by atoms with Gasteiger partial charge in [0.15, 0.2) is 0 Å². The number of esters is 1. The second-order valence-corrected chi connectivity index (χ2v) is 6.25. The minimum absolute atomic E-state index is 0.0725. The number of benzene rings is 2. The molecule has 3 aromatic rings. The molecule has 0 fully saturated rings. The molecular weight excluding hydrogens is 352 g/mol. The Hall–Kier alpha value is -3.19. The van der Waals surface area contributed by atoms with Crippen LogP contribution in [0.4, 0.5) is 0 Å². The van der Waals surface area contributed by atoms with Crippen molar-refractivity contribution in [3.8, 4) is 16.3 Å². The number of carbonyl (C=O) groups is 2. The maximum absolute atomic E-state index is 12.1. The highest BCUT2D eigenvalue weighted by Gasteiger charge is 2.11. The van der Waals surface area contributed by atoms with Crippen molar-refractivity contribution in [2.45, 2.75) is 6.61 Å². The largest absolute Gasteiger partial charge is 0.497 e. The van der Waals surface area contributed by atoms with Crippen molar-refractivity contribution in [3.63, 3.8) is 0 Å². The van der Waals surface area contributed by atoms with Gasteiger partial charge in [0, 0.05) is 16.5 Å². The van der Waals surface area contributed by atoms with Crippen LogP contribution in [0.5, 0.6) is 5.75 Å². The van der Waals surface area contributed by atoms with Gasteiger partial charge in [0.1, 0.15) is 17.4 Å². The van der Waals surface area contributed by atoms with Crippen molar-refractivity contribution in [2.75, 3.05) is 7.11 Å². The minimum atomic E-state index is -0.543. The highest BCUT2D eigenvalue weighted by molar-refractivity contribution is 7.13. The first-order valence-corrected chi connectivity index (χ1v) is 8.60. The van der Waals surface area contributed by atoms with Crippen molar-refractivity contribution in [3.05, 3.63) is 70.7 Å². The van der Waals surface area contributed by atoms with E-state index in [1.807, 2.05) is 29.6 Å². The molecule has 3 rings (SSSR count). The second kappa shape index (κ2) is 7.79. The molecule has 132 valence electrons. The van der Waals surface area contributed by atoms with Gasteiger partial charge in [0.05, 0.1) is 18.4 Å². The first-order chi connectivity index (χ1) is 12.6. The molecule has 1 heterocycles. The number of nitrogens with zero attached hydrogens (tertiary/aromatic N) is 1. The van der Waals surface area contributed by atoms with Crippen LogP contribution in [0.1, 0.15) is 26.4 Å². The standard InChI is InChI=1S/C19H16N2O4S/c1-24-16-8-6-13(7-9-16)18-21-15(11-26-18)10-25-19(23)14-4-2-12(3-5-14)17(20)22/h2-9,11H,10H2,1H3,(H2,20,22). The van der Waals surface area contributed by atoms with E-state index in [-0.39, 0.29) is 6.61 Å². The number of hydrogen-bond acceptors (Lipinski definition) is 6. The Balaban J connectivity index is 1.62. The Morgan fingerprint density at radius 3 is 2.31 bits per heavy atom. The molecule has 1 amide bonds. The van der Waals surface area contributed by atoms with Crippen LogP contribution in [0.25, 0.3) is 10.6 Å². The van der Waals surface area contributed by atoms with Crippen LogP contribution < -0.4 is 10.5 Å². The molecule has 0 atom stereocenters. The summed E-state index contributed by atoms with van der Waals surface area (Å²) in [7, 11) is 1.62. The summed E-state index contributed by atoms with van der Waals surface area (Å²) in [5, 5.41) is 2.69. The normalized spacial score (nSPS) is 10.3. The van der Waals surface area contributed by atoms with Crippen LogP contribution >= 0.6 is 11.3 Å². The van der Waals surface area contributed by atoms with Gasteiger partial charge >= 0.3 is 5.97 Å². The summed E-state index contributed by atoms with van der Waals surface area (Å²) in [6.45, 7) is 0.0725. The third-order valence-electron chi connectivity index (χ3n) is 3.64. The number of carbonyl (C=O) groups excluding carboxylic acids is 2. The fourth-order valence-electron chi connectivity index (χ4n) is 2.23. The van der Waals surface area contributed by atoms with E-state index in [4.69, 9.17) is 15.2 Å². The maximum atomic E-state index is 12.1. The molecular formula is C19H16N2O4S. The van der Waals surface area contributed by atoms with Crippen LogP contribution in [-0.2, 0) is 11.3 Å². The summed E-state index contributed by atoms with van der Waals surface area (Å²) < 4.78 is 10.4. The molecule has 1 aromatic heterocycles. The van der Waals surface area contributed by atoms with Crippen molar-refractivity contribution < 1.29 is 19.1 Å². The van der Waals surface area contributed by atoms with Gasteiger partial charge in [0.25, 0.3) is 0 Å². The molecule has 0 bridgehead atoms. The first-order valence-electron chi connectivity index (χ1n) is 7.72. The number of ether oxygens (including phenoxy) is 2. The number of aromatic nitrogens is 1. The van der Waals surface area contributed by atoms with E-state index in [1.165, 1.54) is 35.6 Å². The Morgan fingerprint density at radius 2 is 1.69 bits per heavy atom. The van der Waals surface area contributed by atoms with Crippen molar-refractivity contribution in [1.82, 2.24) is 4.98 Å². The molecule has 0 spiro atoms. The zero-order valence-electron chi connectivity index (χ0n) is 14.0. The summed E-state index contributed by atoms with van der Waals surface area (Å²) in [4.78, 5) is 27.6. The lowest BCUT2D eigenvalue weighted by atomic mass is 10.1. The van der Waals surface area contributed by atoms with E-state index >= 15 is 0 Å². The molecule has 0 radical (unpaired) electrons. The average Bonchev–Trinajstić information content (AvgIpc) is 3.15. The number of thiazole rings is 1. The van der Waals surface area contributed by atoms with Gasteiger partial charge in [-0.05, 0) is 48.5 Å². The number of rotatable bonds is 6. The minimum Gasteiger partial charge on any atom is -0.497 e. The van der Waals surface area contributed by atoms with E-state index in [9.17, 15) is 9.59 Å². The van der Waals surface area contributed by atoms with E-state index in [1.54, 1.807) is 7.11 Å². The number of methoxy groups -OCH3 is 1. The smallest absolute Gasteiger partial charge is 0.338 e. The quantitative estimate of drug-likeness (QED) is 0.674. The summed E-state index contributed by atoms with van der Waals surface area (Å²) in [6.07, 6.45) is 0. The average molecular weight is 368 g/mol. The third-order valence-corrected chi connectivity index (χ3v) is 4.59. The van der Waals surface area contributed by atoms with Crippen LogP contribution in [0.3, 0.4) is 0 Å². The number of nitrogens with two attached hydrogens (primary N) is 1. The molecule has 0 saturated heterocycles. The second-order valence-electron chi connectivity index (χ2n) is 5.39. The summed E-state index contributed by atoms with van der Waals surface area (Å²) >= 11 is 1.47. The zero-order valence-corrected chi connectivity index (χ0v) is 14.8. The summed E-state index contributed by atoms with van der Waals surface area (Å²) in [5.74, 6) is -0.250. The number of primary amides is 1. The number of amides is 1. The predicted octanol–water partition coefficient (Wildman–Crippen LogP) is 3.27. The Bertz CT molecular complexity index is 917. The van der Waals surface area contributed by atoms with Gasteiger partial charge in [-0.15, -0.1) is 11.3 Å². The Labute approximate surface area is 154 Å². The summed E-state index contributed by atoms with van der Waals surface area (Å²) in [5.41, 5.74) is 7.50. The molecule has 26 heavy (non-hydrogen) atoms. The van der Waals surface area contributed by atoms with E-state index in [2.05, 4.69) is 4.98 Å². The molecule has 0 saturated carbocycles. The zero-order chi connectivity index (χ0) is 18.5. The van der Waals surface area contributed by atoms with E-state index in [0.29, 0.717) is 16.8 Å². The molecule has 2 aromatic carbocycles. The molecule has 0 aliphatic rings. The molecule has 6 nitrogen and oxygen atoms in total.